The van der Waals surface area contributed by atoms with E-state index in [9.17, 15) is 19.5 Å². The third kappa shape index (κ3) is 3.21. The van der Waals surface area contributed by atoms with E-state index in [4.69, 9.17) is 0 Å². The molecule has 8 heteroatoms. The van der Waals surface area contributed by atoms with Crippen LogP contribution in [0.1, 0.15) is 28.6 Å². The van der Waals surface area contributed by atoms with Crippen molar-refractivity contribution in [2.24, 2.45) is 0 Å². The number of amides is 1. The summed E-state index contributed by atoms with van der Waals surface area (Å²) in [7, 11) is 0. The molecule has 1 aliphatic heterocycles. The first-order valence-corrected chi connectivity index (χ1v) is 6.75. The van der Waals surface area contributed by atoms with Gasteiger partial charge in [0.15, 0.2) is 0 Å². The standard InChI is InChI=1S/C15H13N3O4.Li/c19-13(9-4-2-1-3-5-9)17-10-8-16-12-7-6-11(15(21)22)18(12)14(10)20;/h1-5,8,11H,6-7H2,(H,17,19)(H,21,22);/q;+1/p-1. The number of aliphatic carboxylic acids is 1. The van der Waals surface area contributed by atoms with Crippen molar-refractivity contribution in [3.63, 3.8) is 0 Å². The number of fused-ring (bicyclic) bond motifs is 1. The second kappa shape index (κ2) is 6.81. The van der Waals surface area contributed by atoms with E-state index in [-0.39, 0.29) is 31.0 Å². The van der Waals surface area contributed by atoms with Crippen LogP contribution in [0.3, 0.4) is 0 Å². The molecule has 1 atom stereocenters. The van der Waals surface area contributed by atoms with Crippen molar-refractivity contribution in [3.05, 3.63) is 58.3 Å². The third-order valence-corrected chi connectivity index (χ3v) is 3.58. The molecule has 0 spiro atoms. The summed E-state index contributed by atoms with van der Waals surface area (Å²) in [6, 6.07) is 7.36. The van der Waals surface area contributed by atoms with Crippen molar-refractivity contribution in [2.45, 2.75) is 18.9 Å². The molecule has 1 aliphatic rings. The number of hydrogen-bond donors (Lipinski definition) is 1. The predicted octanol–water partition coefficient (Wildman–Crippen LogP) is -3.26. The molecule has 1 amide bonds. The average Bonchev–Trinajstić information content (AvgIpc) is 2.96. The molecule has 3 rings (SSSR count). The van der Waals surface area contributed by atoms with Gasteiger partial charge in [0, 0.05) is 12.0 Å². The van der Waals surface area contributed by atoms with Crippen LogP contribution in [0.15, 0.2) is 41.3 Å². The SMILES string of the molecule is O=C(Nc1cnc2n(c1=O)C(C(=O)[O-])CC2)c1ccccc1.[Li+]. The Balaban J connectivity index is 0.00000192. The van der Waals surface area contributed by atoms with Gasteiger partial charge in [0.25, 0.3) is 11.5 Å². The monoisotopic (exact) mass is 305 g/mol. The number of benzene rings is 1. The maximum Gasteiger partial charge on any atom is 1.00 e. The quantitative estimate of drug-likeness (QED) is 0.599. The van der Waals surface area contributed by atoms with E-state index in [2.05, 4.69) is 10.3 Å². The molecular formula is C15H12LiN3O4. The zero-order valence-corrected chi connectivity index (χ0v) is 12.5. The fourth-order valence-corrected chi connectivity index (χ4v) is 2.50. The van der Waals surface area contributed by atoms with E-state index in [1.165, 1.54) is 6.20 Å². The molecule has 7 nitrogen and oxygen atoms in total. The van der Waals surface area contributed by atoms with Crippen LogP contribution in [0.5, 0.6) is 0 Å². The second-order valence-electron chi connectivity index (χ2n) is 4.96. The number of hydrogen-bond acceptors (Lipinski definition) is 5. The summed E-state index contributed by atoms with van der Waals surface area (Å²) >= 11 is 0. The van der Waals surface area contributed by atoms with E-state index >= 15 is 0 Å². The first-order valence-electron chi connectivity index (χ1n) is 6.75. The van der Waals surface area contributed by atoms with Gasteiger partial charge in [-0.1, -0.05) is 18.2 Å². The second-order valence-corrected chi connectivity index (χ2v) is 4.96. The van der Waals surface area contributed by atoms with Gasteiger partial charge in [-0.15, -0.1) is 0 Å². The van der Waals surface area contributed by atoms with Crippen molar-refractivity contribution in [3.8, 4) is 0 Å². The van der Waals surface area contributed by atoms with Crippen molar-refractivity contribution in [1.29, 1.82) is 0 Å². The molecule has 0 saturated carbocycles. The van der Waals surface area contributed by atoms with Gasteiger partial charge in [0.05, 0.1) is 18.2 Å². The summed E-state index contributed by atoms with van der Waals surface area (Å²) in [5.41, 5.74) is -0.240. The normalized spacial score (nSPS) is 15.4. The Hall–Kier alpha value is -2.36. The van der Waals surface area contributed by atoms with Crippen LogP contribution < -0.4 is 34.8 Å². The number of rotatable bonds is 3. The first kappa shape index (κ1) is 17.0. The Kier molecular flexibility index (Phi) is 5.04. The molecule has 2 heterocycles. The van der Waals surface area contributed by atoms with Gasteiger partial charge in [-0.25, -0.2) is 4.98 Å². The van der Waals surface area contributed by atoms with Gasteiger partial charge >= 0.3 is 18.9 Å². The molecule has 0 radical (unpaired) electrons. The summed E-state index contributed by atoms with van der Waals surface area (Å²) in [5, 5.41) is 13.6. The number of carboxylic acid groups (broad SMARTS) is 1. The van der Waals surface area contributed by atoms with Gasteiger partial charge < -0.3 is 15.2 Å². The van der Waals surface area contributed by atoms with E-state index in [0.717, 1.165) is 4.57 Å². The molecular weight excluding hydrogens is 293 g/mol. The largest absolute Gasteiger partial charge is 1.00 e. The Labute approximate surface area is 143 Å². The Morgan fingerprint density at radius 3 is 2.61 bits per heavy atom. The smallest absolute Gasteiger partial charge is 0.548 e. The minimum Gasteiger partial charge on any atom is -0.548 e. The number of carbonyl (C=O) groups is 2. The molecule has 0 bridgehead atoms. The molecule has 1 aromatic heterocycles. The van der Waals surface area contributed by atoms with E-state index in [1.807, 2.05) is 0 Å². The van der Waals surface area contributed by atoms with Crippen LogP contribution in [0.25, 0.3) is 0 Å². The van der Waals surface area contributed by atoms with E-state index in [1.54, 1.807) is 30.3 Å². The summed E-state index contributed by atoms with van der Waals surface area (Å²) < 4.78 is 1.08. The van der Waals surface area contributed by atoms with Crippen molar-refractivity contribution < 1.29 is 33.6 Å². The molecule has 0 saturated heterocycles. The number of aryl methyl sites for hydroxylation is 1. The van der Waals surface area contributed by atoms with Crippen molar-refractivity contribution >= 4 is 17.6 Å². The molecule has 0 fully saturated rings. The molecule has 1 N–H and O–H groups in total. The first-order chi connectivity index (χ1) is 10.6. The molecule has 2 aromatic rings. The Morgan fingerprint density at radius 1 is 1.26 bits per heavy atom. The molecule has 1 unspecified atom stereocenters. The summed E-state index contributed by atoms with van der Waals surface area (Å²) in [4.78, 5) is 39.6. The maximum absolute atomic E-state index is 12.4. The minimum absolute atomic E-state index is 0. The zero-order valence-electron chi connectivity index (χ0n) is 12.5. The Morgan fingerprint density at radius 2 is 1.96 bits per heavy atom. The average molecular weight is 305 g/mol. The van der Waals surface area contributed by atoms with Gasteiger partial charge in [0.1, 0.15) is 11.5 Å². The molecule has 0 aliphatic carbocycles. The van der Waals surface area contributed by atoms with E-state index < -0.39 is 23.5 Å². The topological polar surface area (TPSA) is 104 Å². The van der Waals surface area contributed by atoms with Crippen LogP contribution in [0.2, 0.25) is 0 Å². The van der Waals surface area contributed by atoms with Gasteiger partial charge in [-0.2, -0.15) is 0 Å². The van der Waals surface area contributed by atoms with E-state index in [0.29, 0.717) is 17.8 Å². The van der Waals surface area contributed by atoms with Gasteiger partial charge in [0.2, 0.25) is 0 Å². The third-order valence-electron chi connectivity index (χ3n) is 3.58. The zero-order chi connectivity index (χ0) is 15.7. The number of carbonyl (C=O) groups excluding carboxylic acids is 2. The summed E-state index contributed by atoms with van der Waals surface area (Å²) in [6.07, 6.45) is 1.91. The Bertz CT molecular complexity index is 804. The maximum atomic E-state index is 12.4. The van der Waals surface area contributed by atoms with Gasteiger partial charge in [-0.3, -0.25) is 14.2 Å². The van der Waals surface area contributed by atoms with Crippen LogP contribution in [-0.4, -0.2) is 21.4 Å². The molecule has 23 heavy (non-hydrogen) atoms. The number of aromatic nitrogens is 2. The van der Waals surface area contributed by atoms with Gasteiger partial charge in [-0.05, 0) is 18.6 Å². The molecule has 1 aromatic carbocycles. The number of nitrogens with one attached hydrogen (secondary N) is 1. The fraction of sp³-hybridized carbons (Fsp3) is 0.200. The molecule has 112 valence electrons. The van der Waals surface area contributed by atoms with Crippen molar-refractivity contribution in [1.82, 2.24) is 9.55 Å². The summed E-state index contributed by atoms with van der Waals surface area (Å²) in [6.45, 7) is 0. The van der Waals surface area contributed by atoms with Crippen LogP contribution in [0, 0.1) is 0 Å². The van der Waals surface area contributed by atoms with Crippen LogP contribution in [-0.2, 0) is 11.2 Å². The van der Waals surface area contributed by atoms with Crippen LogP contribution >= 0.6 is 0 Å². The minimum atomic E-state index is -1.32. The number of anilines is 1. The predicted molar refractivity (Wildman–Crippen MR) is 75.3 cm³/mol. The number of carboxylic acids is 1. The van der Waals surface area contributed by atoms with Crippen LogP contribution in [0.4, 0.5) is 5.69 Å². The number of nitrogens with zero attached hydrogens (tertiary/aromatic N) is 2. The van der Waals surface area contributed by atoms with Crippen molar-refractivity contribution in [2.75, 3.05) is 5.32 Å². The fourth-order valence-electron chi connectivity index (χ4n) is 2.50. The summed E-state index contributed by atoms with van der Waals surface area (Å²) in [5.74, 6) is -1.39.